The fraction of sp³-hybridized carbons (Fsp3) is 0.158. The molecule has 0 saturated carbocycles. The Labute approximate surface area is 140 Å². The van der Waals surface area contributed by atoms with Crippen molar-refractivity contribution < 1.29 is 9.90 Å². The number of nitrogens with zero attached hydrogens (tertiary/aromatic N) is 2. The maximum atomic E-state index is 12.2. The van der Waals surface area contributed by atoms with Gasteiger partial charge in [-0.2, -0.15) is 0 Å². The summed E-state index contributed by atoms with van der Waals surface area (Å²) >= 11 is 0. The molecule has 122 valence electrons. The number of hydrogen-bond acceptors (Lipinski definition) is 3. The number of nitrogens with one attached hydrogen (secondary N) is 1. The number of carbonyl (C=O) groups is 1. The summed E-state index contributed by atoms with van der Waals surface area (Å²) < 4.78 is 2.01. The molecule has 0 radical (unpaired) electrons. The summed E-state index contributed by atoms with van der Waals surface area (Å²) in [5.74, 6) is -0.152. The van der Waals surface area contributed by atoms with Gasteiger partial charge in [-0.15, -0.1) is 0 Å². The van der Waals surface area contributed by atoms with Crippen molar-refractivity contribution in [2.45, 2.75) is 20.0 Å². The van der Waals surface area contributed by atoms with Crippen LogP contribution in [-0.2, 0) is 13.1 Å². The van der Waals surface area contributed by atoms with Crippen LogP contribution in [-0.4, -0.2) is 20.6 Å². The maximum absolute atomic E-state index is 12.2. The molecule has 2 aromatic carbocycles. The van der Waals surface area contributed by atoms with Crippen LogP contribution >= 0.6 is 0 Å². The van der Waals surface area contributed by atoms with Crippen LogP contribution in [0.5, 0.6) is 5.75 Å². The van der Waals surface area contributed by atoms with Crippen LogP contribution in [0.1, 0.15) is 27.2 Å². The molecule has 5 heteroatoms. The summed E-state index contributed by atoms with van der Waals surface area (Å²) in [6, 6.07) is 14.6. The van der Waals surface area contributed by atoms with E-state index in [0.29, 0.717) is 18.7 Å². The molecule has 0 aliphatic heterocycles. The monoisotopic (exact) mass is 321 g/mol. The van der Waals surface area contributed by atoms with Gasteiger partial charge in [0.2, 0.25) is 0 Å². The zero-order valence-corrected chi connectivity index (χ0v) is 13.4. The Kier molecular flexibility index (Phi) is 4.61. The number of amides is 1. The van der Waals surface area contributed by atoms with E-state index in [9.17, 15) is 9.90 Å². The van der Waals surface area contributed by atoms with Crippen molar-refractivity contribution in [2.24, 2.45) is 0 Å². The van der Waals surface area contributed by atoms with Gasteiger partial charge in [-0.25, -0.2) is 4.98 Å². The highest BCUT2D eigenvalue weighted by Gasteiger charge is 2.08. The van der Waals surface area contributed by atoms with Gasteiger partial charge in [-0.3, -0.25) is 4.79 Å². The van der Waals surface area contributed by atoms with Gasteiger partial charge in [0.25, 0.3) is 5.91 Å². The summed E-state index contributed by atoms with van der Waals surface area (Å²) in [6.45, 7) is 3.15. The number of aromatic hydroxyl groups is 1. The molecule has 0 unspecified atom stereocenters. The van der Waals surface area contributed by atoms with Crippen molar-refractivity contribution >= 4 is 5.91 Å². The molecule has 0 aliphatic rings. The molecule has 24 heavy (non-hydrogen) atoms. The number of benzene rings is 2. The lowest BCUT2D eigenvalue weighted by Gasteiger charge is -2.10. The van der Waals surface area contributed by atoms with E-state index in [2.05, 4.69) is 35.4 Å². The first-order valence-electron chi connectivity index (χ1n) is 7.73. The largest absolute Gasteiger partial charge is 0.508 e. The SMILES string of the molecule is Cc1cccc(Cn2cncc2CNC(=O)c2cccc(O)c2)c1. The van der Waals surface area contributed by atoms with Crippen LogP contribution in [0.3, 0.4) is 0 Å². The van der Waals surface area contributed by atoms with Crippen LogP contribution < -0.4 is 5.32 Å². The zero-order valence-electron chi connectivity index (χ0n) is 13.4. The number of aromatic nitrogens is 2. The molecular formula is C19H19N3O2. The molecule has 0 saturated heterocycles. The summed E-state index contributed by atoms with van der Waals surface area (Å²) in [7, 11) is 0. The molecule has 0 spiro atoms. The fourth-order valence-electron chi connectivity index (χ4n) is 2.56. The second-order valence-corrected chi connectivity index (χ2v) is 5.73. The third kappa shape index (κ3) is 3.81. The van der Waals surface area contributed by atoms with Gasteiger partial charge >= 0.3 is 0 Å². The Morgan fingerprint density at radius 3 is 2.83 bits per heavy atom. The van der Waals surface area contributed by atoms with E-state index >= 15 is 0 Å². The van der Waals surface area contributed by atoms with Crippen molar-refractivity contribution in [1.29, 1.82) is 0 Å². The Morgan fingerprint density at radius 1 is 1.21 bits per heavy atom. The molecule has 3 rings (SSSR count). The van der Waals surface area contributed by atoms with Crippen LogP contribution in [0.2, 0.25) is 0 Å². The Balaban J connectivity index is 1.66. The predicted molar refractivity (Wildman–Crippen MR) is 91.8 cm³/mol. The number of rotatable bonds is 5. The summed E-state index contributed by atoms with van der Waals surface area (Å²) in [6.07, 6.45) is 3.51. The lowest BCUT2D eigenvalue weighted by Crippen LogP contribution is -2.24. The van der Waals surface area contributed by atoms with Gasteiger partial charge in [0.05, 0.1) is 18.6 Å². The zero-order chi connectivity index (χ0) is 16.9. The first kappa shape index (κ1) is 15.8. The molecule has 0 bridgehead atoms. The highest BCUT2D eigenvalue weighted by atomic mass is 16.3. The van der Waals surface area contributed by atoms with E-state index in [1.165, 1.54) is 23.3 Å². The van der Waals surface area contributed by atoms with Gasteiger partial charge < -0.3 is 15.0 Å². The first-order valence-corrected chi connectivity index (χ1v) is 7.73. The topological polar surface area (TPSA) is 67.2 Å². The molecule has 2 N–H and O–H groups in total. The van der Waals surface area contributed by atoms with Crippen molar-refractivity contribution in [2.75, 3.05) is 0 Å². The minimum Gasteiger partial charge on any atom is -0.508 e. The average molecular weight is 321 g/mol. The number of hydrogen-bond donors (Lipinski definition) is 2. The Morgan fingerprint density at radius 2 is 2.04 bits per heavy atom. The van der Waals surface area contributed by atoms with Gasteiger partial charge in [0.1, 0.15) is 5.75 Å². The Hall–Kier alpha value is -3.08. The van der Waals surface area contributed by atoms with Gasteiger partial charge in [-0.1, -0.05) is 35.9 Å². The number of phenols is 1. The van der Waals surface area contributed by atoms with Crippen molar-refractivity contribution in [3.8, 4) is 5.75 Å². The molecule has 3 aromatic rings. The van der Waals surface area contributed by atoms with Crippen molar-refractivity contribution in [3.05, 3.63) is 83.4 Å². The highest BCUT2D eigenvalue weighted by molar-refractivity contribution is 5.94. The van der Waals surface area contributed by atoms with Crippen LogP contribution in [0.15, 0.2) is 61.1 Å². The summed E-state index contributed by atoms with van der Waals surface area (Å²) in [5.41, 5.74) is 3.75. The lowest BCUT2D eigenvalue weighted by atomic mass is 10.1. The second-order valence-electron chi connectivity index (χ2n) is 5.73. The molecule has 0 aliphatic carbocycles. The standard InChI is InChI=1S/C19H19N3O2/c1-14-4-2-5-15(8-14)12-22-13-20-10-17(22)11-21-19(24)16-6-3-7-18(23)9-16/h2-10,13,23H,11-12H2,1H3,(H,21,24). The molecule has 1 aromatic heterocycles. The second kappa shape index (κ2) is 7.00. The van der Waals surface area contributed by atoms with E-state index in [1.807, 2.05) is 10.6 Å². The number of carbonyl (C=O) groups excluding carboxylic acids is 1. The normalized spacial score (nSPS) is 10.5. The van der Waals surface area contributed by atoms with E-state index in [-0.39, 0.29) is 11.7 Å². The number of phenolic OH excluding ortho intramolecular Hbond substituents is 1. The quantitative estimate of drug-likeness (QED) is 0.759. The van der Waals surface area contributed by atoms with Crippen molar-refractivity contribution in [1.82, 2.24) is 14.9 Å². The number of imidazole rings is 1. The fourth-order valence-corrected chi connectivity index (χ4v) is 2.56. The molecule has 0 fully saturated rings. The Bertz CT molecular complexity index is 855. The van der Waals surface area contributed by atoms with Gasteiger partial charge in [-0.05, 0) is 30.7 Å². The van der Waals surface area contributed by atoms with Crippen LogP contribution in [0.4, 0.5) is 0 Å². The molecule has 1 heterocycles. The molecule has 0 atom stereocenters. The van der Waals surface area contributed by atoms with E-state index in [4.69, 9.17) is 0 Å². The summed E-state index contributed by atoms with van der Waals surface area (Å²) in [5, 5.41) is 12.3. The minimum absolute atomic E-state index is 0.0761. The van der Waals surface area contributed by atoms with E-state index in [0.717, 1.165) is 5.69 Å². The van der Waals surface area contributed by atoms with E-state index in [1.54, 1.807) is 24.7 Å². The summed E-state index contributed by atoms with van der Waals surface area (Å²) in [4.78, 5) is 16.3. The van der Waals surface area contributed by atoms with Crippen LogP contribution in [0.25, 0.3) is 0 Å². The van der Waals surface area contributed by atoms with Gasteiger partial charge in [0.15, 0.2) is 0 Å². The smallest absolute Gasteiger partial charge is 0.251 e. The molecule has 1 amide bonds. The average Bonchev–Trinajstić information content (AvgIpc) is 3.00. The lowest BCUT2D eigenvalue weighted by molar-refractivity contribution is 0.0949. The first-order chi connectivity index (χ1) is 11.6. The molecule has 5 nitrogen and oxygen atoms in total. The van der Waals surface area contributed by atoms with Crippen LogP contribution in [0, 0.1) is 6.92 Å². The van der Waals surface area contributed by atoms with E-state index < -0.39 is 0 Å². The number of aryl methyl sites for hydroxylation is 1. The minimum atomic E-state index is -0.228. The van der Waals surface area contributed by atoms with Crippen molar-refractivity contribution in [3.63, 3.8) is 0 Å². The maximum Gasteiger partial charge on any atom is 0.251 e. The highest BCUT2D eigenvalue weighted by Crippen LogP contribution is 2.12. The molecular weight excluding hydrogens is 302 g/mol. The third-order valence-electron chi connectivity index (χ3n) is 3.77. The predicted octanol–water partition coefficient (Wildman–Crippen LogP) is 2.88. The van der Waals surface area contributed by atoms with Gasteiger partial charge in [0, 0.05) is 18.3 Å². The third-order valence-corrected chi connectivity index (χ3v) is 3.77.